The van der Waals surface area contributed by atoms with E-state index in [1.54, 1.807) is 0 Å². The molecule has 1 aliphatic carbocycles. The summed E-state index contributed by atoms with van der Waals surface area (Å²) in [6, 6.07) is 0. The Kier molecular flexibility index (Phi) is 2.85. The molecule has 1 rings (SSSR count). The molecule has 0 amide bonds. The van der Waals surface area contributed by atoms with Gasteiger partial charge in [0.15, 0.2) is 9.81 Å². The Morgan fingerprint density at radius 1 is 0.750 bits per heavy atom. The summed E-state index contributed by atoms with van der Waals surface area (Å²) in [7, 11) is -10.4. The van der Waals surface area contributed by atoms with E-state index in [1.165, 1.54) is 0 Å². The molecule has 0 radical (unpaired) electrons. The van der Waals surface area contributed by atoms with Gasteiger partial charge in [-0.1, -0.05) is 0 Å². The highest BCUT2D eigenvalue weighted by atomic mass is 32.2. The van der Waals surface area contributed by atoms with Crippen LogP contribution in [0.25, 0.3) is 0 Å². The van der Waals surface area contributed by atoms with E-state index in [-0.39, 0.29) is 0 Å². The second kappa shape index (κ2) is 3.59. The Morgan fingerprint density at radius 2 is 1.00 bits per heavy atom. The monoisotopic (exact) mass is 268 g/mol. The first-order chi connectivity index (χ1) is 7.05. The van der Waals surface area contributed by atoms with Crippen molar-refractivity contribution in [1.29, 1.82) is 0 Å². The summed E-state index contributed by atoms with van der Waals surface area (Å²) in [5.41, 5.74) is 0. The Hall–Kier alpha value is -1.36. The minimum atomic E-state index is -5.22. The molecule has 16 heavy (non-hydrogen) atoms. The normalized spacial score (nSPS) is 18.1. The van der Waals surface area contributed by atoms with Crippen LogP contribution >= 0.6 is 0 Å². The lowest BCUT2D eigenvalue weighted by atomic mass is 10.2. The van der Waals surface area contributed by atoms with E-state index in [0.717, 1.165) is 0 Å². The van der Waals surface area contributed by atoms with Crippen molar-refractivity contribution >= 4 is 31.8 Å². The molecule has 88 valence electrons. The summed E-state index contributed by atoms with van der Waals surface area (Å²) in [5.74, 6) is -2.82. The Balaban J connectivity index is 3.79. The van der Waals surface area contributed by atoms with Crippen molar-refractivity contribution in [3.05, 3.63) is 22.0 Å². The van der Waals surface area contributed by atoms with Crippen molar-refractivity contribution in [2.45, 2.75) is 0 Å². The molecular formula is C6H4O8S2. The second-order valence-corrected chi connectivity index (χ2v) is 5.39. The fourth-order valence-electron chi connectivity index (χ4n) is 1.02. The topological polar surface area (TPSA) is 143 Å². The molecule has 0 saturated heterocycles. The van der Waals surface area contributed by atoms with Gasteiger partial charge in [0, 0.05) is 0 Å². The SMILES string of the molecule is O=C1C=CC(=O)C(S(=O)(=O)O)=C1S(=O)(=O)O. The van der Waals surface area contributed by atoms with Gasteiger partial charge in [0.25, 0.3) is 20.2 Å². The van der Waals surface area contributed by atoms with Crippen molar-refractivity contribution < 1.29 is 35.5 Å². The van der Waals surface area contributed by atoms with E-state index < -0.39 is 41.6 Å². The summed E-state index contributed by atoms with van der Waals surface area (Å²) >= 11 is 0. The van der Waals surface area contributed by atoms with Crippen LogP contribution in [0.4, 0.5) is 0 Å². The molecule has 0 aromatic carbocycles. The number of carbonyl (C=O) groups excluding carboxylic acids is 2. The van der Waals surface area contributed by atoms with Gasteiger partial charge in [-0.25, -0.2) is 0 Å². The largest absolute Gasteiger partial charge is 0.299 e. The maximum atomic E-state index is 11.0. The van der Waals surface area contributed by atoms with Gasteiger partial charge in [-0.2, -0.15) is 16.8 Å². The molecule has 0 unspecified atom stereocenters. The zero-order chi connectivity index (χ0) is 12.7. The van der Waals surface area contributed by atoms with Crippen molar-refractivity contribution in [2.24, 2.45) is 0 Å². The van der Waals surface area contributed by atoms with Crippen LogP contribution < -0.4 is 0 Å². The van der Waals surface area contributed by atoms with E-state index in [4.69, 9.17) is 9.11 Å². The van der Waals surface area contributed by atoms with Gasteiger partial charge in [-0.3, -0.25) is 18.7 Å². The summed E-state index contributed by atoms with van der Waals surface area (Å²) in [6.45, 7) is 0. The van der Waals surface area contributed by atoms with E-state index in [0.29, 0.717) is 12.2 Å². The third kappa shape index (κ3) is 2.24. The molecule has 0 bridgehead atoms. The third-order valence-electron chi connectivity index (χ3n) is 1.56. The van der Waals surface area contributed by atoms with Crippen molar-refractivity contribution in [2.75, 3.05) is 0 Å². The van der Waals surface area contributed by atoms with Crippen LogP contribution in [0.3, 0.4) is 0 Å². The van der Waals surface area contributed by atoms with Crippen LogP contribution in [0, 0.1) is 0 Å². The number of ketones is 2. The molecule has 10 heteroatoms. The van der Waals surface area contributed by atoms with Gasteiger partial charge < -0.3 is 0 Å². The minimum Gasteiger partial charge on any atom is -0.288 e. The van der Waals surface area contributed by atoms with Crippen LogP contribution in [0.15, 0.2) is 22.0 Å². The second-order valence-electron chi connectivity index (χ2n) is 2.67. The number of carbonyl (C=O) groups is 2. The lowest BCUT2D eigenvalue weighted by molar-refractivity contribution is -0.114. The summed E-state index contributed by atoms with van der Waals surface area (Å²) in [6.07, 6.45) is 0.945. The summed E-state index contributed by atoms with van der Waals surface area (Å²) in [4.78, 5) is 18.8. The van der Waals surface area contributed by atoms with Gasteiger partial charge in [0.05, 0.1) is 0 Å². The molecule has 0 aromatic heterocycles. The van der Waals surface area contributed by atoms with Gasteiger partial charge in [-0.05, 0) is 12.2 Å². The van der Waals surface area contributed by atoms with Crippen molar-refractivity contribution in [3.63, 3.8) is 0 Å². The average molecular weight is 268 g/mol. The summed E-state index contributed by atoms with van der Waals surface area (Å²) in [5, 5.41) is 0. The lowest BCUT2D eigenvalue weighted by Crippen LogP contribution is -2.25. The maximum absolute atomic E-state index is 11.0. The molecule has 0 fully saturated rings. The minimum absolute atomic E-state index is 0.472. The standard InChI is InChI=1S/C6H4O8S2/c7-3-1-2-4(8)6(16(12,13)14)5(3)15(9,10)11/h1-2H,(H,9,10,11)(H,12,13,14). The fraction of sp³-hybridized carbons (Fsp3) is 0. The molecular weight excluding hydrogens is 264 g/mol. The Morgan fingerprint density at radius 3 is 1.19 bits per heavy atom. The average Bonchev–Trinajstić information content (AvgIpc) is 2.04. The van der Waals surface area contributed by atoms with Gasteiger partial charge >= 0.3 is 0 Å². The zero-order valence-electron chi connectivity index (χ0n) is 7.32. The number of allylic oxidation sites excluding steroid dienone is 4. The fourth-order valence-corrected chi connectivity index (χ4v) is 2.96. The van der Waals surface area contributed by atoms with Crippen LogP contribution in [0.1, 0.15) is 0 Å². The highest BCUT2D eigenvalue weighted by Gasteiger charge is 2.38. The first-order valence-corrected chi connectivity index (χ1v) is 6.39. The highest BCUT2D eigenvalue weighted by Crippen LogP contribution is 2.22. The van der Waals surface area contributed by atoms with Crippen LogP contribution in [0.2, 0.25) is 0 Å². The first kappa shape index (κ1) is 12.7. The quantitative estimate of drug-likeness (QED) is 0.463. The number of hydrogen-bond donors (Lipinski definition) is 2. The van der Waals surface area contributed by atoms with Crippen LogP contribution in [-0.4, -0.2) is 37.5 Å². The predicted octanol–water partition coefficient (Wildman–Crippen LogP) is -1.32. The van der Waals surface area contributed by atoms with E-state index in [1.807, 2.05) is 0 Å². The molecule has 0 heterocycles. The number of rotatable bonds is 2. The molecule has 8 nitrogen and oxygen atoms in total. The number of hydrogen-bond acceptors (Lipinski definition) is 6. The Labute approximate surface area is 89.8 Å². The smallest absolute Gasteiger partial charge is 0.288 e. The molecule has 0 spiro atoms. The van der Waals surface area contributed by atoms with E-state index in [9.17, 15) is 26.4 Å². The van der Waals surface area contributed by atoms with Crippen LogP contribution in [0.5, 0.6) is 0 Å². The Bertz CT molecular complexity index is 574. The van der Waals surface area contributed by atoms with Gasteiger partial charge in [0.1, 0.15) is 0 Å². The van der Waals surface area contributed by atoms with E-state index >= 15 is 0 Å². The van der Waals surface area contributed by atoms with Gasteiger partial charge in [0.2, 0.25) is 11.6 Å². The third-order valence-corrected chi connectivity index (χ3v) is 3.53. The molecule has 2 N–H and O–H groups in total. The molecule has 0 saturated carbocycles. The maximum Gasteiger partial charge on any atom is 0.299 e. The first-order valence-electron chi connectivity index (χ1n) is 3.51. The molecule has 1 aliphatic rings. The van der Waals surface area contributed by atoms with Crippen LogP contribution in [-0.2, 0) is 29.8 Å². The molecule has 0 atom stereocenters. The summed E-state index contributed by atoms with van der Waals surface area (Å²) < 4.78 is 60.1. The predicted molar refractivity (Wildman–Crippen MR) is 49.3 cm³/mol. The molecule has 0 aliphatic heterocycles. The lowest BCUT2D eigenvalue weighted by Gasteiger charge is -2.09. The highest BCUT2D eigenvalue weighted by molar-refractivity contribution is 7.95. The van der Waals surface area contributed by atoms with Crippen molar-refractivity contribution in [3.8, 4) is 0 Å². The van der Waals surface area contributed by atoms with E-state index in [2.05, 4.69) is 0 Å². The van der Waals surface area contributed by atoms with Crippen molar-refractivity contribution in [1.82, 2.24) is 0 Å². The molecule has 0 aromatic rings. The zero-order valence-corrected chi connectivity index (χ0v) is 8.95. The van der Waals surface area contributed by atoms with Gasteiger partial charge in [-0.15, -0.1) is 0 Å².